The van der Waals surface area contributed by atoms with Gasteiger partial charge in [0.05, 0.1) is 0 Å². The predicted molar refractivity (Wildman–Crippen MR) is 77.4 cm³/mol. The molecule has 18 heavy (non-hydrogen) atoms. The predicted octanol–water partition coefficient (Wildman–Crippen LogP) is 2.78. The number of hydrogen-bond acceptors (Lipinski definition) is 4. The van der Waals surface area contributed by atoms with Crippen LogP contribution in [-0.2, 0) is 6.54 Å². The highest BCUT2D eigenvalue weighted by Gasteiger charge is 2.08. The van der Waals surface area contributed by atoms with Gasteiger partial charge in [-0.3, -0.25) is 4.79 Å². The van der Waals surface area contributed by atoms with E-state index in [0.717, 1.165) is 24.3 Å². The van der Waals surface area contributed by atoms with E-state index in [0.29, 0.717) is 12.1 Å². The van der Waals surface area contributed by atoms with Crippen LogP contribution < -0.4 is 0 Å². The molecule has 1 rings (SSSR count). The van der Waals surface area contributed by atoms with Gasteiger partial charge in [-0.2, -0.15) is 11.8 Å². The molecule has 1 aromatic rings. The van der Waals surface area contributed by atoms with Gasteiger partial charge in [-0.1, -0.05) is 0 Å². The van der Waals surface area contributed by atoms with Gasteiger partial charge in [0.15, 0.2) is 5.78 Å². The van der Waals surface area contributed by atoms with Crippen molar-refractivity contribution in [2.24, 2.45) is 0 Å². The molecule has 4 heteroatoms. The monoisotopic (exact) mass is 267 g/mol. The van der Waals surface area contributed by atoms with Crippen molar-refractivity contribution in [3.8, 4) is 5.75 Å². The van der Waals surface area contributed by atoms with Gasteiger partial charge >= 0.3 is 0 Å². The summed E-state index contributed by atoms with van der Waals surface area (Å²) in [6, 6.07) is 5.04. The average Bonchev–Trinajstić information content (AvgIpc) is 2.32. The third-order valence-corrected chi connectivity index (χ3v) is 3.51. The number of Topliss-reactive ketones (excluding diaryl/α,β-unsaturated/α-hetero) is 1. The van der Waals surface area contributed by atoms with E-state index >= 15 is 0 Å². The number of hydrogen-bond donors (Lipinski definition) is 1. The van der Waals surface area contributed by atoms with E-state index in [1.165, 1.54) is 0 Å². The number of rotatable bonds is 7. The maximum Gasteiger partial charge on any atom is 0.159 e. The molecule has 0 aliphatic rings. The molecule has 0 saturated heterocycles. The Kier molecular flexibility index (Phi) is 6.22. The fourth-order valence-electron chi connectivity index (χ4n) is 1.78. The van der Waals surface area contributed by atoms with Crippen molar-refractivity contribution in [1.82, 2.24) is 4.90 Å². The van der Waals surface area contributed by atoms with Crippen LogP contribution in [0.1, 0.15) is 29.3 Å². The van der Waals surface area contributed by atoms with E-state index in [2.05, 4.69) is 11.2 Å². The van der Waals surface area contributed by atoms with Crippen molar-refractivity contribution in [2.75, 3.05) is 25.6 Å². The van der Waals surface area contributed by atoms with Crippen LogP contribution in [0, 0.1) is 0 Å². The van der Waals surface area contributed by atoms with Crippen LogP contribution in [0.3, 0.4) is 0 Å². The third-order valence-electron chi connectivity index (χ3n) is 2.81. The maximum absolute atomic E-state index is 11.3. The highest BCUT2D eigenvalue weighted by molar-refractivity contribution is 7.98. The standard InChI is InChI=1S/C14H21NO2S/c1-11(16)12-5-6-14(17)13(9-12)10-15(2)7-4-8-18-3/h5-6,9,17H,4,7-8,10H2,1-3H3. The Bertz CT molecular complexity index is 407. The van der Waals surface area contributed by atoms with Crippen LogP contribution in [0.15, 0.2) is 18.2 Å². The lowest BCUT2D eigenvalue weighted by molar-refractivity contribution is 0.101. The zero-order valence-corrected chi connectivity index (χ0v) is 12.1. The zero-order chi connectivity index (χ0) is 13.5. The minimum Gasteiger partial charge on any atom is -0.508 e. The van der Waals surface area contributed by atoms with Gasteiger partial charge in [0, 0.05) is 17.7 Å². The van der Waals surface area contributed by atoms with Crippen molar-refractivity contribution < 1.29 is 9.90 Å². The Hall–Kier alpha value is -1.00. The number of phenolic OH excluding ortho intramolecular Hbond substituents is 1. The molecular formula is C14H21NO2S. The van der Waals surface area contributed by atoms with Crippen LogP contribution in [0.25, 0.3) is 0 Å². The fourth-order valence-corrected chi connectivity index (χ4v) is 2.20. The Morgan fingerprint density at radius 1 is 1.44 bits per heavy atom. The van der Waals surface area contributed by atoms with Crippen molar-refractivity contribution >= 4 is 17.5 Å². The number of benzene rings is 1. The molecule has 0 radical (unpaired) electrons. The molecule has 0 amide bonds. The van der Waals surface area contributed by atoms with Gasteiger partial charge in [-0.05, 0) is 57.1 Å². The number of aromatic hydroxyl groups is 1. The second-order valence-electron chi connectivity index (χ2n) is 4.48. The molecule has 0 atom stereocenters. The van der Waals surface area contributed by atoms with Crippen molar-refractivity contribution in [3.05, 3.63) is 29.3 Å². The molecule has 0 spiro atoms. The smallest absolute Gasteiger partial charge is 0.159 e. The minimum absolute atomic E-state index is 0.0290. The Morgan fingerprint density at radius 2 is 2.17 bits per heavy atom. The number of nitrogens with zero attached hydrogens (tertiary/aromatic N) is 1. The number of carbonyl (C=O) groups excluding carboxylic acids is 1. The van der Waals surface area contributed by atoms with Crippen molar-refractivity contribution in [1.29, 1.82) is 0 Å². The molecule has 3 nitrogen and oxygen atoms in total. The Labute approximate surface area is 113 Å². The summed E-state index contributed by atoms with van der Waals surface area (Å²) in [4.78, 5) is 13.5. The number of thioether (sulfide) groups is 1. The summed E-state index contributed by atoms with van der Waals surface area (Å²) in [6.45, 7) is 3.20. The van der Waals surface area contributed by atoms with Crippen molar-refractivity contribution in [3.63, 3.8) is 0 Å². The topological polar surface area (TPSA) is 40.5 Å². The summed E-state index contributed by atoms with van der Waals surface area (Å²) < 4.78 is 0. The lowest BCUT2D eigenvalue weighted by atomic mass is 10.1. The molecule has 100 valence electrons. The van der Waals surface area contributed by atoms with Gasteiger partial charge in [0.1, 0.15) is 5.75 Å². The first-order valence-corrected chi connectivity index (χ1v) is 7.44. The Morgan fingerprint density at radius 3 is 2.78 bits per heavy atom. The Balaban J connectivity index is 2.65. The third kappa shape index (κ3) is 4.70. The van der Waals surface area contributed by atoms with E-state index < -0.39 is 0 Å². The number of ketones is 1. The lowest BCUT2D eigenvalue weighted by Crippen LogP contribution is -2.19. The second kappa shape index (κ2) is 7.44. The van der Waals surface area contributed by atoms with Gasteiger partial charge in [-0.25, -0.2) is 0 Å². The first kappa shape index (κ1) is 15.1. The molecule has 1 aromatic carbocycles. The molecule has 0 unspecified atom stereocenters. The summed E-state index contributed by atoms with van der Waals surface area (Å²) in [5.74, 6) is 1.43. The fraction of sp³-hybridized carbons (Fsp3) is 0.500. The molecule has 1 N–H and O–H groups in total. The van der Waals surface area contributed by atoms with Crippen molar-refractivity contribution in [2.45, 2.75) is 19.9 Å². The number of carbonyl (C=O) groups is 1. The molecule has 0 heterocycles. The summed E-state index contributed by atoms with van der Waals surface area (Å²) in [6.07, 6.45) is 3.23. The van der Waals surface area contributed by atoms with Gasteiger partial charge < -0.3 is 10.0 Å². The van der Waals surface area contributed by atoms with E-state index in [1.54, 1.807) is 25.1 Å². The highest BCUT2D eigenvalue weighted by Crippen LogP contribution is 2.20. The SMILES string of the molecule is CSCCCN(C)Cc1cc(C(C)=O)ccc1O. The molecule has 0 aliphatic carbocycles. The summed E-state index contributed by atoms with van der Waals surface area (Å²) in [5.41, 5.74) is 1.47. The quantitative estimate of drug-likeness (QED) is 0.609. The van der Waals surface area contributed by atoms with Crippen LogP contribution in [-0.4, -0.2) is 41.4 Å². The van der Waals surface area contributed by atoms with Crippen LogP contribution in [0.2, 0.25) is 0 Å². The molecule has 0 bridgehead atoms. The molecule has 0 aromatic heterocycles. The summed E-state index contributed by atoms with van der Waals surface area (Å²) in [7, 11) is 2.03. The average molecular weight is 267 g/mol. The highest BCUT2D eigenvalue weighted by atomic mass is 32.2. The van der Waals surface area contributed by atoms with Gasteiger partial charge in [-0.15, -0.1) is 0 Å². The zero-order valence-electron chi connectivity index (χ0n) is 11.3. The number of phenols is 1. The maximum atomic E-state index is 11.3. The van der Waals surface area contributed by atoms with E-state index in [1.807, 2.05) is 18.8 Å². The van der Waals surface area contributed by atoms with Crippen LogP contribution in [0.4, 0.5) is 0 Å². The van der Waals surface area contributed by atoms with Gasteiger partial charge in [0.2, 0.25) is 0 Å². The first-order valence-electron chi connectivity index (χ1n) is 6.05. The van der Waals surface area contributed by atoms with Crippen LogP contribution >= 0.6 is 11.8 Å². The largest absolute Gasteiger partial charge is 0.508 e. The lowest BCUT2D eigenvalue weighted by Gasteiger charge is -2.17. The minimum atomic E-state index is 0.0290. The summed E-state index contributed by atoms with van der Waals surface area (Å²) >= 11 is 1.84. The second-order valence-corrected chi connectivity index (χ2v) is 5.47. The molecule has 0 aliphatic heterocycles. The van der Waals surface area contributed by atoms with Gasteiger partial charge in [0.25, 0.3) is 0 Å². The molecule has 0 saturated carbocycles. The van der Waals surface area contributed by atoms with E-state index in [9.17, 15) is 9.90 Å². The molecular weight excluding hydrogens is 246 g/mol. The van der Waals surface area contributed by atoms with E-state index in [4.69, 9.17) is 0 Å². The molecule has 0 fully saturated rings. The van der Waals surface area contributed by atoms with Crippen LogP contribution in [0.5, 0.6) is 5.75 Å². The summed E-state index contributed by atoms with van der Waals surface area (Å²) in [5, 5.41) is 9.80. The normalized spacial score (nSPS) is 10.9. The van der Waals surface area contributed by atoms with E-state index in [-0.39, 0.29) is 11.5 Å². The first-order chi connectivity index (χ1) is 8.54.